The van der Waals surface area contributed by atoms with Crippen molar-refractivity contribution in [2.24, 2.45) is 0 Å². The molecule has 0 saturated carbocycles. The second-order valence-corrected chi connectivity index (χ2v) is 4.48. The standard InChI is InChI=1S/C11H17NS/c1-2-12-7-4-3-5-11(12)10-6-8-13-9-10/h6,8-9,11H,2-5,7H2,1H3. The maximum absolute atomic E-state index is 2.60. The van der Waals surface area contributed by atoms with Gasteiger partial charge in [0.05, 0.1) is 0 Å². The molecule has 72 valence electrons. The van der Waals surface area contributed by atoms with E-state index in [1.165, 1.54) is 37.9 Å². The third-order valence-corrected chi connectivity index (χ3v) is 3.65. The normalized spacial score (nSPS) is 24.8. The first-order valence-electron chi connectivity index (χ1n) is 5.18. The summed E-state index contributed by atoms with van der Waals surface area (Å²) < 4.78 is 0. The lowest BCUT2D eigenvalue weighted by molar-refractivity contribution is 0.157. The average Bonchev–Trinajstić information content (AvgIpc) is 2.70. The molecule has 0 aromatic carbocycles. The van der Waals surface area contributed by atoms with Crippen LogP contribution in [0.2, 0.25) is 0 Å². The summed E-state index contributed by atoms with van der Waals surface area (Å²) in [6.45, 7) is 4.75. The van der Waals surface area contributed by atoms with E-state index >= 15 is 0 Å². The summed E-state index contributed by atoms with van der Waals surface area (Å²) in [4.78, 5) is 2.60. The zero-order chi connectivity index (χ0) is 9.10. The van der Waals surface area contributed by atoms with Gasteiger partial charge >= 0.3 is 0 Å². The van der Waals surface area contributed by atoms with Crippen LogP contribution in [0.3, 0.4) is 0 Å². The van der Waals surface area contributed by atoms with E-state index in [1.54, 1.807) is 0 Å². The van der Waals surface area contributed by atoms with Gasteiger partial charge in [-0.05, 0) is 48.3 Å². The highest BCUT2D eigenvalue weighted by atomic mass is 32.1. The maximum atomic E-state index is 2.60. The fourth-order valence-corrected chi connectivity index (χ4v) is 2.92. The Morgan fingerprint density at radius 2 is 2.46 bits per heavy atom. The van der Waals surface area contributed by atoms with E-state index in [1.807, 2.05) is 11.3 Å². The fraction of sp³-hybridized carbons (Fsp3) is 0.636. The average molecular weight is 195 g/mol. The SMILES string of the molecule is CCN1CCCCC1c1ccsc1. The first-order valence-corrected chi connectivity index (χ1v) is 6.12. The summed E-state index contributed by atoms with van der Waals surface area (Å²) in [6.07, 6.45) is 4.13. The van der Waals surface area contributed by atoms with Gasteiger partial charge in [0.15, 0.2) is 0 Å². The molecule has 1 saturated heterocycles. The molecule has 1 fully saturated rings. The van der Waals surface area contributed by atoms with Crippen molar-refractivity contribution in [1.29, 1.82) is 0 Å². The number of rotatable bonds is 2. The minimum atomic E-state index is 0.713. The maximum Gasteiger partial charge on any atom is 0.0356 e. The predicted molar refractivity (Wildman–Crippen MR) is 58.2 cm³/mol. The Morgan fingerprint density at radius 3 is 3.15 bits per heavy atom. The lowest BCUT2D eigenvalue weighted by Crippen LogP contribution is -2.32. The van der Waals surface area contributed by atoms with Gasteiger partial charge < -0.3 is 0 Å². The summed E-state index contributed by atoms with van der Waals surface area (Å²) in [5.74, 6) is 0. The molecule has 1 unspecified atom stereocenters. The molecule has 13 heavy (non-hydrogen) atoms. The minimum Gasteiger partial charge on any atom is -0.297 e. The van der Waals surface area contributed by atoms with E-state index in [2.05, 4.69) is 28.7 Å². The first kappa shape index (κ1) is 9.22. The van der Waals surface area contributed by atoms with Crippen molar-refractivity contribution in [2.45, 2.75) is 32.2 Å². The molecule has 1 aliphatic rings. The van der Waals surface area contributed by atoms with Crippen LogP contribution in [-0.2, 0) is 0 Å². The first-order chi connectivity index (χ1) is 6.42. The number of hydrogen-bond acceptors (Lipinski definition) is 2. The lowest BCUT2D eigenvalue weighted by atomic mass is 9.97. The number of thiophene rings is 1. The van der Waals surface area contributed by atoms with Crippen molar-refractivity contribution in [3.8, 4) is 0 Å². The number of piperidine rings is 1. The van der Waals surface area contributed by atoms with Gasteiger partial charge in [-0.25, -0.2) is 0 Å². The number of hydrogen-bond donors (Lipinski definition) is 0. The molecular formula is C11H17NS. The van der Waals surface area contributed by atoms with E-state index in [9.17, 15) is 0 Å². The quantitative estimate of drug-likeness (QED) is 0.700. The van der Waals surface area contributed by atoms with E-state index in [0.29, 0.717) is 6.04 Å². The molecular weight excluding hydrogens is 178 g/mol. The lowest BCUT2D eigenvalue weighted by Gasteiger charge is -2.34. The van der Waals surface area contributed by atoms with E-state index in [4.69, 9.17) is 0 Å². The van der Waals surface area contributed by atoms with E-state index < -0.39 is 0 Å². The van der Waals surface area contributed by atoms with Crippen molar-refractivity contribution in [3.63, 3.8) is 0 Å². The Labute approximate surface area is 84.4 Å². The largest absolute Gasteiger partial charge is 0.297 e. The smallest absolute Gasteiger partial charge is 0.0356 e. The molecule has 1 atom stereocenters. The van der Waals surface area contributed by atoms with Gasteiger partial charge in [-0.1, -0.05) is 13.3 Å². The van der Waals surface area contributed by atoms with E-state index in [0.717, 1.165) is 0 Å². The second kappa shape index (κ2) is 4.25. The summed E-state index contributed by atoms with van der Waals surface area (Å²) in [6, 6.07) is 2.99. The summed E-state index contributed by atoms with van der Waals surface area (Å²) in [5, 5.41) is 4.50. The summed E-state index contributed by atoms with van der Waals surface area (Å²) in [5.41, 5.74) is 1.53. The van der Waals surface area contributed by atoms with Gasteiger partial charge in [0.25, 0.3) is 0 Å². The molecule has 0 amide bonds. The van der Waals surface area contributed by atoms with Gasteiger partial charge in [-0.3, -0.25) is 4.90 Å². The van der Waals surface area contributed by atoms with Crippen LogP contribution in [0.1, 0.15) is 37.8 Å². The Bertz CT molecular complexity index is 243. The predicted octanol–water partition coefficient (Wildman–Crippen LogP) is 3.30. The highest BCUT2D eigenvalue weighted by Gasteiger charge is 2.22. The zero-order valence-electron chi connectivity index (χ0n) is 8.20. The molecule has 0 aliphatic carbocycles. The molecule has 1 aromatic rings. The molecule has 1 aliphatic heterocycles. The molecule has 2 heterocycles. The van der Waals surface area contributed by atoms with Crippen LogP contribution in [0.4, 0.5) is 0 Å². The van der Waals surface area contributed by atoms with Crippen LogP contribution in [0.15, 0.2) is 16.8 Å². The van der Waals surface area contributed by atoms with Crippen LogP contribution >= 0.6 is 11.3 Å². The summed E-state index contributed by atoms with van der Waals surface area (Å²) in [7, 11) is 0. The zero-order valence-corrected chi connectivity index (χ0v) is 9.02. The molecule has 2 rings (SSSR count). The highest BCUT2D eigenvalue weighted by Crippen LogP contribution is 2.31. The highest BCUT2D eigenvalue weighted by molar-refractivity contribution is 7.07. The molecule has 0 bridgehead atoms. The van der Waals surface area contributed by atoms with Gasteiger partial charge in [0, 0.05) is 6.04 Å². The van der Waals surface area contributed by atoms with Crippen LogP contribution < -0.4 is 0 Å². The monoisotopic (exact) mass is 195 g/mol. The minimum absolute atomic E-state index is 0.713. The van der Waals surface area contributed by atoms with Crippen molar-refractivity contribution < 1.29 is 0 Å². The van der Waals surface area contributed by atoms with Crippen molar-refractivity contribution >= 4 is 11.3 Å². The van der Waals surface area contributed by atoms with Crippen LogP contribution in [0, 0.1) is 0 Å². The molecule has 2 heteroatoms. The van der Waals surface area contributed by atoms with Crippen LogP contribution in [0.25, 0.3) is 0 Å². The molecule has 0 radical (unpaired) electrons. The second-order valence-electron chi connectivity index (χ2n) is 3.70. The third kappa shape index (κ3) is 1.94. The van der Waals surface area contributed by atoms with Crippen LogP contribution in [-0.4, -0.2) is 18.0 Å². The molecule has 0 spiro atoms. The molecule has 1 nitrogen and oxygen atoms in total. The fourth-order valence-electron chi connectivity index (χ4n) is 2.21. The Hall–Kier alpha value is -0.340. The Kier molecular flexibility index (Phi) is 3.01. The van der Waals surface area contributed by atoms with E-state index in [-0.39, 0.29) is 0 Å². The number of likely N-dealkylation sites (tertiary alicyclic amines) is 1. The van der Waals surface area contributed by atoms with Crippen LogP contribution in [0.5, 0.6) is 0 Å². The van der Waals surface area contributed by atoms with Crippen molar-refractivity contribution in [3.05, 3.63) is 22.4 Å². The van der Waals surface area contributed by atoms with Crippen molar-refractivity contribution in [2.75, 3.05) is 13.1 Å². The topological polar surface area (TPSA) is 3.24 Å². The van der Waals surface area contributed by atoms with Gasteiger partial charge in [-0.2, -0.15) is 11.3 Å². The Balaban J connectivity index is 2.11. The van der Waals surface area contributed by atoms with Crippen molar-refractivity contribution in [1.82, 2.24) is 4.90 Å². The molecule has 0 N–H and O–H groups in total. The number of nitrogens with zero attached hydrogens (tertiary/aromatic N) is 1. The summed E-state index contributed by atoms with van der Waals surface area (Å²) >= 11 is 1.82. The Morgan fingerprint density at radius 1 is 1.54 bits per heavy atom. The molecule has 1 aromatic heterocycles. The van der Waals surface area contributed by atoms with Gasteiger partial charge in [-0.15, -0.1) is 0 Å². The van der Waals surface area contributed by atoms with Gasteiger partial charge in [0.1, 0.15) is 0 Å². The van der Waals surface area contributed by atoms with Gasteiger partial charge in [0.2, 0.25) is 0 Å². The third-order valence-electron chi connectivity index (χ3n) is 2.95.